The number of nitrogens with zero attached hydrogens (tertiary/aromatic N) is 2. The average Bonchev–Trinajstić information content (AvgIpc) is 3.41. The van der Waals surface area contributed by atoms with Crippen molar-refractivity contribution < 1.29 is 4.79 Å². The molecule has 3 nitrogen and oxygen atoms in total. The summed E-state index contributed by atoms with van der Waals surface area (Å²) in [7, 11) is 0. The number of Topliss-reactive ketones (excluding diaryl/α,β-unsaturated/α-hetero) is 1. The first-order chi connectivity index (χ1) is 17.2. The Morgan fingerprint density at radius 2 is 1.08 bits per heavy atom. The van der Waals surface area contributed by atoms with Crippen LogP contribution in [0.4, 0.5) is 11.4 Å². The monoisotopic (exact) mass is 514 g/mol. The van der Waals surface area contributed by atoms with Gasteiger partial charge in [-0.25, -0.2) is 0 Å². The number of benzene rings is 2. The Bertz CT molecular complexity index is 1240. The number of carbonyl (C=O) groups excluding carboxylic acids is 1. The van der Waals surface area contributed by atoms with Crippen molar-refractivity contribution in [3.63, 3.8) is 0 Å². The highest BCUT2D eigenvalue weighted by Crippen LogP contribution is 2.49. The Kier molecular flexibility index (Phi) is 6.50. The first-order valence-corrected chi connectivity index (χ1v) is 13.8. The van der Waals surface area contributed by atoms with Crippen LogP contribution >= 0.6 is 25.3 Å². The van der Waals surface area contributed by atoms with Crippen molar-refractivity contribution in [2.24, 2.45) is 0 Å². The highest BCUT2D eigenvalue weighted by molar-refractivity contribution is 7.80. The minimum Gasteiger partial charge on any atom is -0.334 e. The minimum absolute atomic E-state index is 0.138. The summed E-state index contributed by atoms with van der Waals surface area (Å²) >= 11 is 9.21. The molecule has 186 valence electrons. The molecule has 0 N–H and O–H groups in total. The standard InChI is InChI=1S/C31H34N2OS2/c1-30(2)23-9-5-7-11-25(23)32(19-35)27(30)17-15-21-13-14-22(29(21)34)16-18-28-31(3,4)24-10-6-8-12-26(24)33(28)20-36/h5-12,15-18,35-36H,13-14,19-20H2,1-4H3. The fourth-order valence-corrected chi connectivity index (χ4v) is 6.58. The molecule has 0 bridgehead atoms. The van der Waals surface area contributed by atoms with Gasteiger partial charge in [-0.3, -0.25) is 4.79 Å². The Morgan fingerprint density at radius 3 is 1.47 bits per heavy atom. The predicted molar refractivity (Wildman–Crippen MR) is 158 cm³/mol. The Labute approximate surface area is 226 Å². The molecule has 0 unspecified atom stereocenters. The van der Waals surface area contributed by atoms with Gasteiger partial charge in [0.1, 0.15) is 0 Å². The van der Waals surface area contributed by atoms with Crippen LogP contribution in [0.5, 0.6) is 0 Å². The zero-order valence-electron chi connectivity index (χ0n) is 21.5. The van der Waals surface area contributed by atoms with E-state index >= 15 is 0 Å². The summed E-state index contributed by atoms with van der Waals surface area (Å²) in [5, 5.41) is 0. The van der Waals surface area contributed by atoms with Gasteiger partial charge in [0.2, 0.25) is 0 Å². The topological polar surface area (TPSA) is 23.6 Å². The van der Waals surface area contributed by atoms with Crippen LogP contribution in [-0.4, -0.2) is 17.5 Å². The second-order valence-corrected chi connectivity index (χ2v) is 11.3. The molecule has 2 heterocycles. The third kappa shape index (κ3) is 3.88. The van der Waals surface area contributed by atoms with E-state index in [1.807, 2.05) is 12.2 Å². The van der Waals surface area contributed by atoms with Crippen LogP contribution in [0, 0.1) is 0 Å². The molecule has 2 aliphatic heterocycles. The number of para-hydroxylation sites is 2. The van der Waals surface area contributed by atoms with Gasteiger partial charge in [-0.15, -0.1) is 0 Å². The minimum atomic E-state index is -0.138. The van der Waals surface area contributed by atoms with E-state index in [1.165, 1.54) is 33.9 Å². The summed E-state index contributed by atoms with van der Waals surface area (Å²) in [6.45, 7) is 8.95. The first-order valence-electron chi connectivity index (χ1n) is 12.5. The van der Waals surface area contributed by atoms with E-state index in [9.17, 15) is 4.79 Å². The molecule has 5 rings (SSSR count). The Hall–Kier alpha value is -2.63. The van der Waals surface area contributed by atoms with Crippen LogP contribution in [-0.2, 0) is 15.6 Å². The summed E-state index contributed by atoms with van der Waals surface area (Å²) in [5.74, 6) is 1.35. The number of ketones is 1. The van der Waals surface area contributed by atoms with E-state index in [0.717, 1.165) is 24.0 Å². The maximum Gasteiger partial charge on any atom is 0.185 e. The van der Waals surface area contributed by atoms with Gasteiger partial charge < -0.3 is 9.80 Å². The maximum atomic E-state index is 13.3. The van der Waals surface area contributed by atoms with Gasteiger partial charge in [-0.05, 0) is 48.3 Å². The van der Waals surface area contributed by atoms with Gasteiger partial charge in [0.25, 0.3) is 0 Å². The number of hydrogen-bond donors (Lipinski definition) is 2. The lowest BCUT2D eigenvalue weighted by Gasteiger charge is -2.25. The number of carbonyl (C=O) groups is 1. The fraction of sp³-hybridized carbons (Fsp3) is 0.323. The van der Waals surface area contributed by atoms with E-state index in [4.69, 9.17) is 0 Å². The van der Waals surface area contributed by atoms with E-state index in [1.54, 1.807) is 0 Å². The molecule has 0 amide bonds. The van der Waals surface area contributed by atoms with Crippen LogP contribution in [0.25, 0.3) is 0 Å². The quantitative estimate of drug-likeness (QED) is 0.330. The first kappa shape index (κ1) is 25.0. The van der Waals surface area contributed by atoms with Crippen LogP contribution in [0.2, 0.25) is 0 Å². The fourth-order valence-electron chi connectivity index (χ4n) is 5.97. The lowest BCUT2D eigenvalue weighted by molar-refractivity contribution is -0.111. The summed E-state index contributed by atoms with van der Waals surface area (Å²) in [5.41, 5.74) is 8.80. The lowest BCUT2D eigenvalue weighted by Crippen LogP contribution is -2.25. The van der Waals surface area contributed by atoms with Crippen molar-refractivity contribution in [2.75, 3.05) is 21.6 Å². The number of fused-ring (bicyclic) bond motifs is 2. The molecule has 0 atom stereocenters. The van der Waals surface area contributed by atoms with Gasteiger partial charge in [0, 0.05) is 44.7 Å². The van der Waals surface area contributed by atoms with Crippen molar-refractivity contribution in [2.45, 2.75) is 51.4 Å². The molecule has 36 heavy (non-hydrogen) atoms. The smallest absolute Gasteiger partial charge is 0.185 e. The SMILES string of the molecule is CC1(C)C(=CC=C2CCC(=CC=C3N(CS)c4ccccc4C3(C)C)C2=O)N(CS)c2ccccc21. The third-order valence-electron chi connectivity index (χ3n) is 8.01. The largest absolute Gasteiger partial charge is 0.334 e. The second kappa shape index (κ2) is 9.35. The van der Waals surface area contributed by atoms with Gasteiger partial charge in [0.15, 0.2) is 5.78 Å². The van der Waals surface area contributed by atoms with Crippen LogP contribution in [0.3, 0.4) is 0 Å². The van der Waals surface area contributed by atoms with Gasteiger partial charge in [-0.1, -0.05) is 76.2 Å². The molecule has 0 aromatic heterocycles. The summed E-state index contributed by atoms with van der Waals surface area (Å²) in [6, 6.07) is 17.0. The van der Waals surface area contributed by atoms with Gasteiger partial charge in [0.05, 0.1) is 11.8 Å². The Balaban J connectivity index is 1.43. The van der Waals surface area contributed by atoms with E-state index in [-0.39, 0.29) is 16.6 Å². The molecule has 0 saturated heterocycles. The third-order valence-corrected chi connectivity index (χ3v) is 8.58. The molecule has 1 aliphatic carbocycles. The number of anilines is 2. The normalized spacial score (nSPS) is 24.4. The zero-order chi connectivity index (χ0) is 25.7. The van der Waals surface area contributed by atoms with Gasteiger partial charge >= 0.3 is 0 Å². The molecule has 3 aliphatic rings. The second-order valence-electron chi connectivity index (χ2n) is 10.7. The highest BCUT2D eigenvalue weighted by atomic mass is 32.1. The highest BCUT2D eigenvalue weighted by Gasteiger charge is 2.40. The van der Waals surface area contributed by atoms with Gasteiger partial charge in [-0.2, -0.15) is 25.3 Å². The van der Waals surface area contributed by atoms with Crippen LogP contribution in [0.1, 0.15) is 51.7 Å². The molecule has 2 aromatic rings. The van der Waals surface area contributed by atoms with E-state index in [0.29, 0.717) is 11.8 Å². The zero-order valence-corrected chi connectivity index (χ0v) is 23.2. The number of rotatable bonds is 4. The van der Waals surface area contributed by atoms with Crippen LogP contribution in [0.15, 0.2) is 95.4 Å². The molecule has 0 spiro atoms. The van der Waals surface area contributed by atoms with Crippen molar-refractivity contribution in [3.05, 3.63) is 107 Å². The molecule has 1 saturated carbocycles. The molecular formula is C31H34N2OS2. The molecule has 0 radical (unpaired) electrons. The van der Waals surface area contributed by atoms with Crippen LogP contribution < -0.4 is 9.80 Å². The van der Waals surface area contributed by atoms with Crippen molar-refractivity contribution in [1.82, 2.24) is 0 Å². The molecule has 5 heteroatoms. The summed E-state index contributed by atoms with van der Waals surface area (Å²) < 4.78 is 0. The number of hydrogen-bond acceptors (Lipinski definition) is 5. The van der Waals surface area contributed by atoms with Crippen molar-refractivity contribution >= 4 is 42.4 Å². The Morgan fingerprint density at radius 1 is 0.694 bits per heavy atom. The van der Waals surface area contributed by atoms with Crippen molar-refractivity contribution in [1.29, 1.82) is 0 Å². The van der Waals surface area contributed by atoms with Crippen molar-refractivity contribution in [3.8, 4) is 0 Å². The summed E-state index contributed by atoms with van der Waals surface area (Å²) in [4.78, 5) is 17.8. The summed E-state index contributed by atoms with van der Waals surface area (Å²) in [6.07, 6.45) is 9.86. The maximum absolute atomic E-state index is 13.3. The predicted octanol–water partition coefficient (Wildman–Crippen LogP) is 7.34. The lowest BCUT2D eigenvalue weighted by atomic mass is 9.83. The molecule has 2 aromatic carbocycles. The average molecular weight is 515 g/mol. The van der Waals surface area contributed by atoms with E-state index in [2.05, 4.69) is 123 Å². The van der Waals surface area contributed by atoms with E-state index < -0.39 is 0 Å². The molecular weight excluding hydrogens is 480 g/mol. The molecule has 1 fully saturated rings. The number of allylic oxidation sites excluding steroid dienone is 8. The number of thiol groups is 2.